The van der Waals surface area contributed by atoms with Crippen LogP contribution in [0.25, 0.3) is 0 Å². The summed E-state index contributed by atoms with van der Waals surface area (Å²) in [5.41, 5.74) is 8.68. The van der Waals surface area contributed by atoms with Gasteiger partial charge in [0.2, 0.25) is 5.91 Å². The van der Waals surface area contributed by atoms with E-state index in [1.54, 1.807) is 0 Å². The van der Waals surface area contributed by atoms with Gasteiger partial charge >= 0.3 is 0 Å². The molecule has 1 saturated carbocycles. The van der Waals surface area contributed by atoms with Crippen molar-refractivity contribution in [1.82, 2.24) is 10.2 Å². The van der Waals surface area contributed by atoms with Gasteiger partial charge in [0.15, 0.2) is 0 Å². The van der Waals surface area contributed by atoms with E-state index in [-0.39, 0.29) is 17.5 Å². The number of rotatable bonds is 5. The zero-order valence-electron chi connectivity index (χ0n) is 15.1. The summed E-state index contributed by atoms with van der Waals surface area (Å²) >= 11 is 0. The van der Waals surface area contributed by atoms with Gasteiger partial charge in [-0.2, -0.15) is 0 Å². The summed E-state index contributed by atoms with van der Waals surface area (Å²) in [5, 5.41) is 3.32. The third-order valence-electron chi connectivity index (χ3n) is 5.95. The lowest BCUT2D eigenvalue weighted by Crippen LogP contribution is -2.53. The number of nitrogens with one attached hydrogen (secondary N) is 1. The van der Waals surface area contributed by atoms with Crippen LogP contribution >= 0.6 is 0 Å². The van der Waals surface area contributed by atoms with Crippen LogP contribution in [0, 0.1) is 0 Å². The number of amides is 1. The summed E-state index contributed by atoms with van der Waals surface area (Å²) in [6, 6.07) is 20.8. The maximum Gasteiger partial charge on any atom is 0.234 e. The molecule has 3 N–H and O–H groups in total. The molecule has 136 valence electrons. The number of nitrogens with zero attached hydrogens (tertiary/aromatic N) is 1. The van der Waals surface area contributed by atoms with Gasteiger partial charge in [-0.05, 0) is 30.4 Å². The number of hydrogen-bond donors (Lipinski definition) is 2. The van der Waals surface area contributed by atoms with Crippen molar-refractivity contribution in [2.24, 2.45) is 5.73 Å². The zero-order valence-corrected chi connectivity index (χ0v) is 15.1. The van der Waals surface area contributed by atoms with Crippen molar-refractivity contribution in [2.45, 2.75) is 36.8 Å². The van der Waals surface area contributed by atoms with Crippen molar-refractivity contribution in [3.05, 3.63) is 71.8 Å². The molecule has 26 heavy (non-hydrogen) atoms. The average Bonchev–Trinajstić information content (AvgIpc) is 3.00. The van der Waals surface area contributed by atoms with E-state index >= 15 is 0 Å². The first-order valence-electron chi connectivity index (χ1n) is 9.56. The monoisotopic (exact) mass is 349 g/mol. The average molecular weight is 349 g/mol. The number of carbonyl (C=O) groups is 1. The lowest BCUT2D eigenvalue weighted by atomic mass is 9.72. The summed E-state index contributed by atoms with van der Waals surface area (Å²) in [7, 11) is 0. The fourth-order valence-electron chi connectivity index (χ4n) is 4.38. The van der Waals surface area contributed by atoms with Crippen LogP contribution in [-0.4, -0.2) is 36.5 Å². The molecule has 1 aliphatic carbocycles. The Morgan fingerprint density at radius 1 is 1.04 bits per heavy atom. The lowest BCUT2D eigenvalue weighted by molar-refractivity contribution is -0.125. The molecule has 2 aromatic rings. The van der Waals surface area contributed by atoms with Crippen LogP contribution in [-0.2, 0) is 10.3 Å². The molecule has 2 atom stereocenters. The van der Waals surface area contributed by atoms with Crippen molar-refractivity contribution in [3.63, 3.8) is 0 Å². The number of hydrogen-bond acceptors (Lipinski definition) is 3. The maximum absolute atomic E-state index is 12.7. The van der Waals surface area contributed by atoms with Crippen molar-refractivity contribution < 1.29 is 4.79 Å². The minimum absolute atomic E-state index is 0.0805. The predicted molar refractivity (Wildman–Crippen MR) is 104 cm³/mol. The molecule has 0 radical (unpaired) electrons. The first kappa shape index (κ1) is 17.3. The van der Waals surface area contributed by atoms with Crippen molar-refractivity contribution in [1.29, 1.82) is 0 Å². The molecule has 4 heteroatoms. The topological polar surface area (TPSA) is 58.4 Å². The third kappa shape index (κ3) is 3.39. The summed E-state index contributed by atoms with van der Waals surface area (Å²) in [6.07, 6.45) is 3.21. The first-order valence-corrected chi connectivity index (χ1v) is 9.56. The number of benzene rings is 2. The van der Waals surface area contributed by atoms with E-state index in [0.29, 0.717) is 12.5 Å². The second-order valence-electron chi connectivity index (χ2n) is 7.72. The molecule has 0 spiro atoms. The number of carbonyl (C=O) groups excluding carboxylic acids is 1. The van der Waals surface area contributed by atoms with Crippen LogP contribution in [0.2, 0.25) is 0 Å². The minimum atomic E-state index is -0.168. The molecule has 0 bridgehead atoms. The fraction of sp³-hybridized carbons (Fsp3) is 0.409. The Morgan fingerprint density at radius 3 is 2.31 bits per heavy atom. The van der Waals surface area contributed by atoms with Gasteiger partial charge < -0.3 is 11.1 Å². The quantitative estimate of drug-likeness (QED) is 0.872. The van der Waals surface area contributed by atoms with Crippen LogP contribution in [0.4, 0.5) is 0 Å². The predicted octanol–water partition coefficient (Wildman–Crippen LogP) is 2.61. The molecular weight excluding hydrogens is 322 g/mol. The van der Waals surface area contributed by atoms with Crippen molar-refractivity contribution in [2.75, 3.05) is 19.6 Å². The Kier molecular flexibility index (Phi) is 4.79. The van der Waals surface area contributed by atoms with Crippen LogP contribution in [0.3, 0.4) is 0 Å². The second kappa shape index (κ2) is 7.22. The summed E-state index contributed by atoms with van der Waals surface area (Å²) in [4.78, 5) is 14.9. The zero-order chi connectivity index (χ0) is 18.0. The van der Waals surface area contributed by atoms with E-state index in [0.717, 1.165) is 25.9 Å². The van der Waals surface area contributed by atoms with Crippen LogP contribution in [0.15, 0.2) is 60.7 Å². The Balaban J connectivity index is 1.38. The van der Waals surface area contributed by atoms with Crippen LogP contribution in [0.1, 0.15) is 36.3 Å². The Morgan fingerprint density at radius 2 is 1.69 bits per heavy atom. The second-order valence-corrected chi connectivity index (χ2v) is 7.72. The maximum atomic E-state index is 12.7. The molecule has 1 heterocycles. The summed E-state index contributed by atoms with van der Waals surface area (Å²) in [6.45, 7) is 2.04. The van der Waals surface area contributed by atoms with Crippen LogP contribution in [0.5, 0.6) is 0 Å². The Labute approximate surface area is 155 Å². The van der Waals surface area contributed by atoms with Gasteiger partial charge in [0.1, 0.15) is 0 Å². The molecule has 2 aliphatic rings. The van der Waals surface area contributed by atoms with Gasteiger partial charge in [-0.3, -0.25) is 9.69 Å². The van der Waals surface area contributed by atoms with Gasteiger partial charge in [0.05, 0.1) is 12.1 Å². The molecular formula is C22H27N3O. The van der Waals surface area contributed by atoms with E-state index < -0.39 is 0 Å². The summed E-state index contributed by atoms with van der Waals surface area (Å²) in [5.74, 6) is 0.408. The minimum Gasteiger partial charge on any atom is -0.345 e. The smallest absolute Gasteiger partial charge is 0.234 e. The van der Waals surface area contributed by atoms with Gasteiger partial charge in [0.25, 0.3) is 0 Å². The molecule has 2 aromatic carbocycles. The van der Waals surface area contributed by atoms with E-state index in [4.69, 9.17) is 5.73 Å². The summed E-state index contributed by atoms with van der Waals surface area (Å²) < 4.78 is 0. The molecule has 2 fully saturated rings. The number of nitrogens with two attached hydrogens (primary N) is 1. The Bertz CT molecular complexity index is 742. The Hall–Kier alpha value is -2.17. The van der Waals surface area contributed by atoms with E-state index in [1.807, 2.05) is 24.3 Å². The van der Waals surface area contributed by atoms with Crippen molar-refractivity contribution >= 4 is 5.91 Å². The molecule has 1 amide bonds. The molecule has 1 aliphatic heterocycles. The lowest BCUT2D eigenvalue weighted by Gasteiger charge is -2.43. The van der Waals surface area contributed by atoms with Crippen LogP contribution < -0.4 is 11.1 Å². The number of likely N-dealkylation sites (tertiary alicyclic amines) is 1. The van der Waals surface area contributed by atoms with E-state index in [1.165, 1.54) is 17.5 Å². The molecule has 4 nitrogen and oxygen atoms in total. The molecule has 0 aromatic heterocycles. The highest BCUT2D eigenvalue weighted by Gasteiger charge is 2.40. The van der Waals surface area contributed by atoms with E-state index in [9.17, 15) is 4.79 Å². The molecule has 1 saturated heterocycles. The van der Waals surface area contributed by atoms with Gasteiger partial charge in [-0.25, -0.2) is 0 Å². The molecule has 0 unspecified atom stereocenters. The van der Waals surface area contributed by atoms with Gasteiger partial charge in [-0.15, -0.1) is 0 Å². The SMILES string of the molecule is N[C@@H]1CN(CC(=O)NC2(c3ccccc3)CCC2)C[C@H]1c1ccccc1. The van der Waals surface area contributed by atoms with Crippen molar-refractivity contribution in [3.8, 4) is 0 Å². The standard InChI is InChI=1S/C22H27N3O/c23-20-15-25(14-19(20)17-8-3-1-4-9-17)16-21(26)24-22(12-7-13-22)18-10-5-2-6-11-18/h1-6,8-11,19-20H,7,12-16,23H2,(H,24,26)/t19-,20+/m0/s1. The largest absolute Gasteiger partial charge is 0.345 e. The highest BCUT2D eigenvalue weighted by atomic mass is 16.2. The van der Waals surface area contributed by atoms with Gasteiger partial charge in [-0.1, -0.05) is 60.7 Å². The highest BCUT2D eigenvalue weighted by molar-refractivity contribution is 5.79. The normalized spacial score (nSPS) is 24.8. The van der Waals surface area contributed by atoms with E-state index in [2.05, 4.69) is 46.6 Å². The fourth-order valence-corrected chi connectivity index (χ4v) is 4.38. The third-order valence-corrected chi connectivity index (χ3v) is 5.95. The van der Waals surface area contributed by atoms with Gasteiger partial charge in [0, 0.05) is 25.0 Å². The first-order chi connectivity index (χ1) is 12.7. The molecule has 4 rings (SSSR count). The highest BCUT2D eigenvalue weighted by Crippen LogP contribution is 2.41.